The van der Waals surface area contributed by atoms with E-state index >= 15 is 0 Å². The Balaban J connectivity index is 2.39. The Morgan fingerprint density at radius 2 is 1.58 bits per heavy atom. The number of hydrogen-bond acceptors (Lipinski definition) is 3. The summed E-state index contributed by atoms with van der Waals surface area (Å²) in [6.07, 6.45) is 5.41. The van der Waals surface area contributed by atoms with Crippen LogP contribution >= 0.6 is 23.5 Å². The average Bonchev–Trinajstić information content (AvgIpc) is 2.47. The monoisotopic (exact) mass is 295 g/mol. The third kappa shape index (κ3) is 7.09. The van der Waals surface area contributed by atoms with Gasteiger partial charge < -0.3 is 4.90 Å². The van der Waals surface area contributed by atoms with Crippen LogP contribution in [0.5, 0.6) is 0 Å². The molecule has 19 heavy (non-hydrogen) atoms. The van der Waals surface area contributed by atoms with Gasteiger partial charge in [0.25, 0.3) is 0 Å². The van der Waals surface area contributed by atoms with Gasteiger partial charge in [-0.25, -0.2) is 0 Å². The molecule has 0 amide bonds. The van der Waals surface area contributed by atoms with Crippen molar-refractivity contribution in [1.29, 1.82) is 0 Å². The van der Waals surface area contributed by atoms with Crippen LogP contribution in [0.4, 0.5) is 0 Å². The van der Waals surface area contributed by atoms with E-state index in [1.807, 2.05) is 23.5 Å². The maximum absolute atomic E-state index is 4.22. The van der Waals surface area contributed by atoms with E-state index in [1.54, 1.807) is 0 Å². The SMILES string of the molecule is C=C(CCN(CCSC)CCSC)c1ccccc1. The van der Waals surface area contributed by atoms with Crippen molar-refractivity contribution in [2.75, 3.05) is 43.7 Å². The molecule has 0 aliphatic rings. The number of nitrogens with zero attached hydrogens (tertiary/aromatic N) is 1. The first-order valence-electron chi connectivity index (χ1n) is 6.71. The van der Waals surface area contributed by atoms with Gasteiger partial charge in [0.15, 0.2) is 0 Å². The fraction of sp³-hybridized carbons (Fsp3) is 0.500. The van der Waals surface area contributed by atoms with Crippen molar-refractivity contribution in [2.24, 2.45) is 0 Å². The highest BCUT2D eigenvalue weighted by Crippen LogP contribution is 2.16. The second-order valence-corrected chi connectivity index (χ2v) is 6.52. The first kappa shape index (κ1) is 16.7. The van der Waals surface area contributed by atoms with Crippen molar-refractivity contribution >= 4 is 29.1 Å². The Bertz CT molecular complexity index is 343. The molecule has 1 rings (SSSR count). The standard InChI is InChI=1S/C16H25NS2/c1-15(16-7-5-4-6-8-16)9-10-17(11-13-18-2)12-14-19-3/h4-8H,1,9-14H2,2-3H3. The van der Waals surface area contributed by atoms with Crippen LogP contribution in [0.15, 0.2) is 36.9 Å². The first-order chi connectivity index (χ1) is 9.27. The lowest BCUT2D eigenvalue weighted by Crippen LogP contribution is -2.29. The van der Waals surface area contributed by atoms with Crippen molar-refractivity contribution in [2.45, 2.75) is 6.42 Å². The first-order valence-corrected chi connectivity index (χ1v) is 9.50. The molecule has 0 atom stereocenters. The molecule has 0 bridgehead atoms. The summed E-state index contributed by atoms with van der Waals surface area (Å²) in [5.74, 6) is 2.43. The zero-order valence-electron chi connectivity index (χ0n) is 12.1. The highest BCUT2D eigenvalue weighted by atomic mass is 32.2. The molecule has 0 aromatic heterocycles. The van der Waals surface area contributed by atoms with E-state index in [0.717, 1.165) is 13.0 Å². The van der Waals surface area contributed by atoms with E-state index in [1.165, 1.54) is 35.7 Å². The minimum Gasteiger partial charge on any atom is -0.301 e. The van der Waals surface area contributed by atoms with Crippen molar-refractivity contribution in [3.8, 4) is 0 Å². The fourth-order valence-electron chi connectivity index (χ4n) is 1.89. The normalized spacial score (nSPS) is 10.9. The molecule has 0 heterocycles. The molecular formula is C16H25NS2. The maximum Gasteiger partial charge on any atom is 0.00727 e. The number of rotatable bonds is 10. The summed E-state index contributed by atoms with van der Waals surface area (Å²) in [7, 11) is 0. The highest BCUT2D eigenvalue weighted by Gasteiger charge is 2.06. The maximum atomic E-state index is 4.22. The third-order valence-electron chi connectivity index (χ3n) is 3.14. The molecule has 0 aliphatic carbocycles. The predicted octanol–water partition coefficient (Wildman–Crippen LogP) is 4.12. The Morgan fingerprint density at radius 3 is 2.11 bits per heavy atom. The third-order valence-corrected chi connectivity index (χ3v) is 4.32. The van der Waals surface area contributed by atoms with Crippen molar-refractivity contribution in [3.05, 3.63) is 42.5 Å². The minimum absolute atomic E-state index is 1.06. The van der Waals surface area contributed by atoms with Crippen LogP contribution in [0.3, 0.4) is 0 Å². The molecule has 0 fully saturated rings. The van der Waals surface area contributed by atoms with Crippen molar-refractivity contribution < 1.29 is 0 Å². The molecule has 1 aromatic rings. The fourth-order valence-corrected chi connectivity index (χ4v) is 2.77. The second-order valence-electron chi connectivity index (χ2n) is 4.55. The Labute approximate surface area is 126 Å². The molecular weight excluding hydrogens is 270 g/mol. The molecule has 3 heteroatoms. The van der Waals surface area contributed by atoms with E-state index in [-0.39, 0.29) is 0 Å². The highest BCUT2D eigenvalue weighted by molar-refractivity contribution is 7.98. The van der Waals surface area contributed by atoms with E-state index in [0.29, 0.717) is 0 Å². The van der Waals surface area contributed by atoms with E-state index < -0.39 is 0 Å². The molecule has 0 saturated carbocycles. The molecule has 1 aromatic carbocycles. The van der Waals surface area contributed by atoms with Gasteiger partial charge in [-0.15, -0.1) is 0 Å². The molecule has 0 N–H and O–H groups in total. The van der Waals surface area contributed by atoms with Crippen LogP contribution in [0.25, 0.3) is 5.57 Å². The van der Waals surface area contributed by atoms with Gasteiger partial charge in [-0.3, -0.25) is 0 Å². The smallest absolute Gasteiger partial charge is 0.00727 e. The van der Waals surface area contributed by atoms with Crippen molar-refractivity contribution in [3.63, 3.8) is 0 Å². The van der Waals surface area contributed by atoms with E-state index in [9.17, 15) is 0 Å². The zero-order chi connectivity index (χ0) is 13.9. The van der Waals surface area contributed by atoms with Crippen LogP contribution in [-0.4, -0.2) is 48.6 Å². The lowest BCUT2D eigenvalue weighted by molar-refractivity contribution is 0.317. The number of hydrogen-bond donors (Lipinski definition) is 0. The summed E-state index contributed by atoms with van der Waals surface area (Å²) in [6, 6.07) is 10.5. The van der Waals surface area contributed by atoms with Gasteiger partial charge in [-0.05, 0) is 30.1 Å². The van der Waals surface area contributed by atoms with E-state index in [4.69, 9.17) is 0 Å². The summed E-state index contributed by atoms with van der Waals surface area (Å²) in [6.45, 7) is 7.71. The van der Waals surface area contributed by atoms with Crippen LogP contribution < -0.4 is 0 Å². The van der Waals surface area contributed by atoms with Crippen LogP contribution in [-0.2, 0) is 0 Å². The van der Waals surface area contributed by atoms with Crippen LogP contribution in [0, 0.1) is 0 Å². The van der Waals surface area contributed by atoms with Gasteiger partial charge >= 0.3 is 0 Å². The molecule has 0 aliphatic heterocycles. The Hall–Kier alpha value is -0.380. The molecule has 0 radical (unpaired) electrons. The van der Waals surface area contributed by atoms with Crippen LogP contribution in [0.2, 0.25) is 0 Å². The van der Waals surface area contributed by atoms with E-state index in [2.05, 4.69) is 54.3 Å². The van der Waals surface area contributed by atoms with Gasteiger partial charge in [-0.2, -0.15) is 23.5 Å². The summed E-state index contributed by atoms with van der Waals surface area (Å²) in [5, 5.41) is 0. The predicted molar refractivity (Wildman–Crippen MR) is 93.3 cm³/mol. The van der Waals surface area contributed by atoms with Gasteiger partial charge in [0.2, 0.25) is 0 Å². The summed E-state index contributed by atoms with van der Waals surface area (Å²) < 4.78 is 0. The molecule has 0 spiro atoms. The van der Waals surface area contributed by atoms with Gasteiger partial charge in [0.05, 0.1) is 0 Å². The lowest BCUT2D eigenvalue weighted by Gasteiger charge is -2.22. The largest absolute Gasteiger partial charge is 0.301 e. The Morgan fingerprint density at radius 1 is 1.00 bits per heavy atom. The Kier molecular flexibility index (Phi) is 9.14. The molecule has 0 saturated heterocycles. The van der Waals surface area contributed by atoms with Gasteiger partial charge in [0.1, 0.15) is 0 Å². The number of thioether (sulfide) groups is 2. The van der Waals surface area contributed by atoms with Gasteiger partial charge in [0, 0.05) is 31.1 Å². The number of benzene rings is 1. The zero-order valence-corrected chi connectivity index (χ0v) is 13.7. The van der Waals surface area contributed by atoms with Gasteiger partial charge in [-0.1, -0.05) is 36.9 Å². The van der Waals surface area contributed by atoms with Crippen LogP contribution in [0.1, 0.15) is 12.0 Å². The second kappa shape index (κ2) is 10.4. The topological polar surface area (TPSA) is 3.24 Å². The average molecular weight is 296 g/mol. The molecule has 0 unspecified atom stereocenters. The summed E-state index contributed by atoms with van der Waals surface area (Å²) >= 11 is 3.85. The molecule has 1 nitrogen and oxygen atoms in total. The quantitative estimate of drug-likeness (QED) is 0.639. The molecule has 106 valence electrons. The lowest BCUT2D eigenvalue weighted by atomic mass is 10.0. The van der Waals surface area contributed by atoms with Crippen molar-refractivity contribution in [1.82, 2.24) is 4.90 Å². The summed E-state index contributed by atoms with van der Waals surface area (Å²) in [5.41, 5.74) is 2.52. The summed E-state index contributed by atoms with van der Waals surface area (Å²) in [4.78, 5) is 2.56. The minimum atomic E-state index is 1.06.